The summed E-state index contributed by atoms with van der Waals surface area (Å²) >= 11 is 0. The minimum atomic E-state index is -0.915. The molecule has 0 radical (unpaired) electrons. The Bertz CT molecular complexity index is 1740. The number of nitrogens with one attached hydrogen (secondary N) is 3. The van der Waals surface area contributed by atoms with Gasteiger partial charge in [-0.3, -0.25) is 9.59 Å². The van der Waals surface area contributed by atoms with Crippen molar-refractivity contribution in [2.24, 2.45) is 0 Å². The van der Waals surface area contributed by atoms with Crippen LogP contribution in [0.15, 0.2) is 128 Å². The fourth-order valence-corrected chi connectivity index (χ4v) is 5.06. The van der Waals surface area contributed by atoms with E-state index in [0.29, 0.717) is 23.6 Å². The number of hydrogen-bond acceptors (Lipinski definition) is 7. The summed E-state index contributed by atoms with van der Waals surface area (Å²) in [6.07, 6.45) is 1.35. The van der Waals surface area contributed by atoms with Gasteiger partial charge in [0, 0.05) is 31.5 Å². The summed E-state index contributed by atoms with van der Waals surface area (Å²) in [6.45, 7) is 0.141. The van der Waals surface area contributed by atoms with Crippen LogP contribution in [0, 0.1) is 0 Å². The van der Waals surface area contributed by atoms with Gasteiger partial charge in [0.1, 0.15) is 19.0 Å². The SMILES string of the molecule is O=C(CN(Cc1ccc(OCc2ccccc2)cc1)C(=O)[C@@H](CNC(=O)OCc1ccccc1)c1cnc[nH]1)NCC(O)c1ccccc1. The molecule has 5 aromatic rings. The number of rotatable bonds is 16. The second-order valence-corrected chi connectivity index (χ2v) is 11.3. The quantitative estimate of drug-likeness (QED) is 0.118. The molecule has 252 valence electrons. The van der Waals surface area contributed by atoms with Gasteiger partial charge in [-0.1, -0.05) is 103 Å². The third-order valence-corrected chi connectivity index (χ3v) is 7.72. The van der Waals surface area contributed by atoms with Crippen LogP contribution in [0.5, 0.6) is 5.75 Å². The molecule has 4 aromatic carbocycles. The van der Waals surface area contributed by atoms with Crippen LogP contribution < -0.4 is 15.4 Å². The molecule has 0 saturated heterocycles. The van der Waals surface area contributed by atoms with E-state index in [9.17, 15) is 19.5 Å². The first-order valence-electron chi connectivity index (χ1n) is 15.9. The molecule has 1 unspecified atom stereocenters. The second-order valence-electron chi connectivity index (χ2n) is 11.3. The molecule has 0 aliphatic carbocycles. The lowest BCUT2D eigenvalue weighted by Gasteiger charge is -2.27. The predicted octanol–water partition coefficient (Wildman–Crippen LogP) is 4.88. The van der Waals surface area contributed by atoms with Crippen LogP contribution in [0.3, 0.4) is 0 Å². The number of imidazole rings is 1. The fourth-order valence-electron chi connectivity index (χ4n) is 5.06. The zero-order valence-corrected chi connectivity index (χ0v) is 26.9. The van der Waals surface area contributed by atoms with E-state index in [2.05, 4.69) is 20.6 Å². The van der Waals surface area contributed by atoms with E-state index >= 15 is 0 Å². The number of amides is 3. The minimum absolute atomic E-state index is 0.0306. The van der Waals surface area contributed by atoms with Crippen molar-refractivity contribution in [3.8, 4) is 5.75 Å². The van der Waals surface area contributed by atoms with Crippen molar-refractivity contribution >= 4 is 17.9 Å². The third-order valence-electron chi connectivity index (χ3n) is 7.72. The topological polar surface area (TPSA) is 146 Å². The van der Waals surface area contributed by atoms with Gasteiger partial charge in [-0.05, 0) is 34.4 Å². The number of carbonyl (C=O) groups is 3. The average Bonchev–Trinajstić information content (AvgIpc) is 3.68. The molecule has 0 bridgehead atoms. The number of aliphatic hydroxyl groups is 1. The molecule has 0 aliphatic heterocycles. The first-order valence-corrected chi connectivity index (χ1v) is 15.9. The molecule has 49 heavy (non-hydrogen) atoms. The van der Waals surface area contributed by atoms with Crippen molar-refractivity contribution in [3.05, 3.63) is 156 Å². The van der Waals surface area contributed by atoms with Crippen LogP contribution in [-0.2, 0) is 34.1 Å². The van der Waals surface area contributed by atoms with Crippen molar-refractivity contribution in [2.45, 2.75) is 31.8 Å². The highest BCUT2D eigenvalue weighted by Gasteiger charge is 2.29. The first-order chi connectivity index (χ1) is 23.9. The molecule has 11 nitrogen and oxygen atoms in total. The zero-order valence-electron chi connectivity index (χ0n) is 26.9. The van der Waals surface area contributed by atoms with Gasteiger partial charge in [-0.15, -0.1) is 0 Å². The predicted molar refractivity (Wildman–Crippen MR) is 183 cm³/mol. The monoisotopic (exact) mass is 661 g/mol. The summed E-state index contributed by atoms with van der Waals surface area (Å²) in [4.78, 5) is 48.4. The number of aromatic nitrogens is 2. The van der Waals surface area contributed by atoms with E-state index in [-0.39, 0.29) is 32.8 Å². The highest BCUT2D eigenvalue weighted by atomic mass is 16.5. The van der Waals surface area contributed by atoms with Gasteiger partial charge in [0.25, 0.3) is 0 Å². The summed E-state index contributed by atoms with van der Waals surface area (Å²) in [7, 11) is 0. The lowest BCUT2D eigenvalue weighted by Crippen LogP contribution is -2.45. The molecule has 0 saturated carbocycles. The molecule has 4 N–H and O–H groups in total. The van der Waals surface area contributed by atoms with Crippen molar-refractivity contribution in [1.82, 2.24) is 25.5 Å². The Kier molecular flexibility index (Phi) is 12.5. The Morgan fingerprint density at radius 2 is 1.39 bits per heavy atom. The number of nitrogens with zero attached hydrogens (tertiary/aromatic N) is 2. The standard InChI is InChI=1S/C38H39N5O6/c44-35(31-14-8-3-9-15-31)22-40-36(45)24-43(23-28-16-18-32(19-17-28)48-25-29-10-4-1-5-11-29)37(46)33(34-21-39-27-42-34)20-41-38(47)49-26-30-12-6-2-7-13-30/h1-19,21,27,33,35,44H,20,22-26H2,(H,39,42)(H,40,45)(H,41,47)/t33-,35?/m0/s1. The van der Waals surface area contributed by atoms with Crippen molar-refractivity contribution in [3.63, 3.8) is 0 Å². The van der Waals surface area contributed by atoms with Crippen LogP contribution >= 0.6 is 0 Å². The number of ether oxygens (including phenoxy) is 2. The lowest BCUT2D eigenvalue weighted by atomic mass is 10.0. The smallest absolute Gasteiger partial charge is 0.407 e. The van der Waals surface area contributed by atoms with Gasteiger partial charge in [0.05, 0.1) is 24.9 Å². The summed E-state index contributed by atoms with van der Waals surface area (Å²) in [5.74, 6) is -1.12. The summed E-state index contributed by atoms with van der Waals surface area (Å²) in [6, 6.07) is 35.4. The number of H-pyrrole nitrogens is 1. The summed E-state index contributed by atoms with van der Waals surface area (Å²) in [5, 5.41) is 16.0. The normalized spacial score (nSPS) is 11.9. The summed E-state index contributed by atoms with van der Waals surface area (Å²) < 4.78 is 11.3. The molecule has 0 spiro atoms. The Labute approximate surface area is 284 Å². The van der Waals surface area contributed by atoms with E-state index < -0.39 is 29.9 Å². The van der Waals surface area contributed by atoms with E-state index in [0.717, 1.165) is 16.7 Å². The fraction of sp³-hybridized carbons (Fsp3) is 0.211. The van der Waals surface area contributed by atoms with E-state index in [1.54, 1.807) is 24.3 Å². The average molecular weight is 662 g/mol. The van der Waals surface area contributed by atoms with Crippen molar-refractivity contribution in [2.75, 3.05) is 19.6 Å². The Hall–Kier alpha value is -5.94. The number of carbonyl (C=O) groups excluding carboxylic acids is 3. The van der Waals surface area contributed by atoms with Crippen LogP contribution in [0.1, 0.15) is 40.0 Å². The molecule has 1 aromatic heterocycles. The lowest BCUT2D eigenvalue weighted by molar-refractivity contribution is -0.138. The minimum Gasteiger partial charge on any atom is -0.489 e. The molecular formula is C38H39N5O6. The van der Waals surface area contributed by atoms with E-state index in [1.165, 1.54) is 17.4 Å². The van der Waals surface area contributed by atoms with E-state index in [1.807, 2.05) is 91.0 Å². The maximum absolute atomic E-state index is 14.2. The van der Waals surface area contributed by atoms with Crippen molar-refractivity contribution < 1.29 is 29.0 Å². The highest BCUT2D eigenvalue weighted by molar-refractivity contribution is 5.88. The van der Waals surface area contributed by atoms with Gasteiger partial charge >= 0.3 is 6.09 Å². The van der Waals surface area contributed by atoms with Crippen LogP contribution in [0.25, 0.3) is 0 Å². The van der Waals surface area contributed by atoms with Gasteiger partial charge in [0.15, 0.2) is 0 Å². The largest absolute Gasteiger partial charge is 0.489 e. The molecule has 3 amide bonds. The molecular weight excluding hydrogens is 622 g/mol. The Balaban J connectivity index is 1.27. The molecule has 2 atom stereocenters. The number of benzene rings is 4. The van der Waals surface area contributed by atoms with Gasteiger partial charge < -0.3 is 35.1 Å². The second kappa shape index (κ2) is 17.8. The third kappa shape index (κ3) is 10.8. The number of hydrogen-bond donors (Lipinski definition) is 4. The van der Waals surface area contributed by atoms with E-state index in [4.69, 9.17) is 9.47 Å². The molecule has 11 heteroatoms. The molecule has 0 aliphatic rings. The summed E-state index contributed by atoms with van der Waals surface area (Å²) in [5.41, 5.74) is 3.74. The maximum Gasteiger partial charge on any atom is 0.407 e. The first kappa shape index (κ1) is 34.4. The Morgan fingerprint density at radius 1 is 0.755 bits per heavy atom. The molecule has 5 rings (SSSR count). The molecule has 0 fully saturated rings. The Morgan fingerprint density at radius 3 is 2.02 bits per heavy atom. The van der Waals surface area contributed by atoms with Gasteiger partial charge in [-0.2, -0.15) is 0 Å². The van der Waals surface area contributed by atoms with Gasteiger partial charge in [0.2, 0.25) is 11.8 Å². The molecule has 1 heterocycles. The van der Waals surface area contributed by atoms with Crippen LogP contribution in [-0.4, -0.2) is 57.5 Å². The maximum atomic E-state index is 14.2. The van der Waals surface area contributed by atoms with Gasteiger partial charge in [-0.25, -0.2) is 9.78 Å². The zero-order chi connectivity index (χ0) is 34.3. The number of aliphatic hydroxyl groups excluding tert-OH is 1. The number of aromatic amines is 1. The van der Waals surface area contributed by atoms with Crippen LogP contribution in [0.4, 0.5) is 4.79 Å². The van der Waals surface area contributed by atoms with Crippen LogP contribution in [0.2, 0.25) is 0 Å². The highest BCUT2D eigenvalue weighted by Crippen LogP contribution is 2.20. The van der Waals surface area contributed by atoms with Crippen molar-refractivity contribution in [1.29, 1.82) is 0 Å². The number of alkyl carbamates (subject to hydrolysis) is 1.